The van der Waals surface area contributed by atoms with E-state index in [4.69, 9.17) is 9.15 Å². The number of aryl methyl sites for hydroxylation is 1. The third kappa shape index (κ3) is 5.45. The van der Waals surface area contributed by atoms with Crippen LogP contribution < -0.4 is 4.90 Å². The van der Waals surface area contributed by atoms with Gasteiger partial charge in [-0.15, -0.1) is 0 Å². The molecule has 0 aliphatic heterocycles. The van der Waals surface area contributed by atoms with Crippen molar-refractivity contribution in [2.24, 2.45) is 0 Å². The van der Waals surface area contributed by atoms with Gasteiger partial charge in [0.2, 0.25) is 0 Å². The number of nitrogens with zero attached hydrogens (tertiary/aromatic N) is 1. The summed E-state index contributed by atoms with van der Waals surface area (Å²) in [7, 11) is 0. The van der Waals surface area contributed by atoms with Crippen molar-refractivity contribution in [3.8, 4) is 22.3 Å². The summed E-state index contributed by atoms with van der Waals surface area (Å²) >= 11 is 0. The number of furan rings is 1. The summed E-state index contributed by atoms with van der Waals surface area (Å²) in [6.07, 6.45) is 4.27. The van der Waals surface area contributed by atoms with E-state index in [0.717, 1.165) is 39.4 Å². The maximum Gasteiger partial charge on any atom is 0.136 e. The molecule has 3 nitrogen and oxygen atoms in total. The third-order valence-corrected chi connectivity index (χ3v) is 12.6. The molecule has 284 valence electrons. The van der Waals surface area contributed by atoms with Crippen LogP contribution in [0.25, 0.3) is 39.3 Å². The second-order valence-corrected chi connectivity index (χ2v) is 16.3. The minimum atomic E-state index is -0.514. The molecule has 0 saturated heterocycles. The molecular formula is C55H47NO2. The van der Waals surface area contributed by atoms with E-state index in [2.05, 4.69) is 202 Å². The van der Waals surface area contributed by atoms with E-state index in [1.54, 1.807) is 0 Å². The first kappa shape index (κ1) is 36.0. The van der Waals surface area contributed by atoms with E-state index in [1.807, 2.05) is 13.8 Å². The molecule has 2 aliphatic carbocycles. The predicted molar refractivity (Wildman–Crippen MR) is 241 cm³/mol. The van der Waals surface area contributed by atoms with E-state index >= 15 is 0 Å². The van der Waals surface area contributed by atoms with Gasteiger partial charge in [0.05, 0.1) is 11.5 Å². The quantitative estimate of drug-likeness (QED) is 0.147. The number of fused-ring (bicyclic) bond motifs is 7. The van der Waals surface area contributed by atoms with Gasteiger partial charge >= 0.3 is 0 Å². The first-order valence-corrected chi connectivity index (χ1v) is 20.5. The summed E-state index contributed by atoms with van der Waals surface area (Å²) in [5, 5.41) is 1.09. The molecule has 58 heavy (non-hydrogen) atoms. The lowest BCUT2D eigenvalue weighted by Gasteiger charge is -2.35. The van der Waals surface area contributed by atoms with E-state index in [9.17, 15) is 0 Å². The summed E-state index contributed by atoms with van der Waals surface area (Å²) in [5.41, 5.74) is 17.4. The van der Waals surface area contributed by atoms with Gasteiger partial charge < -0.3 is 14.1 Å². The minimum Gasteiger partial charge on any atom is -0.461 e. The highest BCUT2D eigenvalue weighted by Crippen LogP contribution is 2.58. The highest BCUT2D eigenvalue weighted by atomic mass is 16.5. The van der Waals surface area contributed by atoms with Gasteiger partial charge in [0.1, 0.15) is 11.3 Å². The highest BCUT2D eigenvalue weighted by Gasteiger charge is 2.46. The minimum absolute atomic E-state index is 0.0177. The molecule has 0 N–H and O–H groups in total. The smallest absolute Gasteiger partial charge is 0.136 e. The highest BCUT2D eigenvalue weighted by molar-refractivity contribution is 5.95. The van der Waals surface area contributed by atoms with E-state index in [0.29, 0.717) is 6.61 Å². The van der Waals surface area contributed by atoms with Crippen LogP contribution in [-0.4, -0.2) is 12.7 Å². The largest absolute Gasteiger partial charge is 0.461 e. The van der Waals surface area contributed by atoms with Gasteiger partial charge in [-0.25, -0.2) is 0 Å². The van der Waals surface area contributed by atoms with Crippen LogP contribution in [-0.2, 0) is 15.6 Å². The summed E-state index contributed by atoms with van der Waals surface area (Å²) in [4.78, 5) is 2.42. The van der Waals surface area contributed by atoms with Gasteiger partial charge in [0, 0.05) is 46.1 Å². The summed E-state index contributed by atoms with van der Waals surface area (Å²) in [5.74, 6) is 0.890. The zero-order chi connectivity index (χ0) is 39.6. The van der Waals surface area contributed by atoms with Crippen molar-refractivity contribution in [3.05, 3.63) is 215 Å². The summed E-state index contributed by atoms with van der Waals surface area (Å²) < 4.78 is 12.4. The molecule has 0 bridgehead atoms. The second-order valence-electron chi connectivity index (χ2n) is 16.3. The number of anilines is 3. The standard InChI is InChI=1S/C55H47NO2/c1-6-57-36(2)25-29-43-37(3)58-53-35-42(28-32-48(43)53)56(40-26-30-46-44-21-13-15-23-49(44)54(4,5)51(46)33-40)41-27-31-47-45-22-14-16-24-50(45)55(52(47)34-41,38-17-9-7-10-18-38)39-19-11-8-12-20-39/h7-36H,6H2,1-5H3/b29-25-. The molecule has 1 aromatic heterocycles. The maximum atomic E-state index is 6.55. The van der Waals surface area contributed by atoms with E-state index in [-0.39, 0.29) is 11.5 Å². The monoisotopic (exact) mass is 753 g/mol. The molecule has 0 radical (unpaired) electrons. The van der Waals surface area contributed by atoms with Crippen LogP contribution in [0.1, 0.15) is 72.4 Å². The fourth-order valence-electron chi connectivity index (χ4n) is 9.97. The van der Waals surface area contributed by atoms with Crippen molar-refractivity contribution in [3.63, 3.8) is 0 Å². The normalized spacial score (nSPS) is 14.9. The van der Waals surface area contributed by atoms with Crippen LogP contribution in [0.15, 0.2) is 174 Å². The topological polar surface area (TPSA) is 25.6 Å². The molecule has 1 heterocycles. The van der Waals surface area contributed by atoms with E-state index < -0.39 is 5.41 Å². The molecule has 1 atom stereocenters. The van der Waals surface area contributed by atoms with Crippen LogP contribution in [0.4, 0.5) is 17.1 Å². The fourth-order valence-corrected chi connectivity index (χ4v) is 9.97. The SMILES string of the molecule is CCOC(C)/C=C\c1c(C)oc2cc(N(c3ccc4c(c3)C(C)(C)c3ccccc3-4)c3ccc4c(c3)C(c3ccccc3)(c3ccccc3)c3ccccc3-4)ccc12. The lowest BCUT2D eigenvalue weighted by Crippen LogP contribution is -2.28. The van der Waals surface area contributed by atoms with Gasteiger partial charge in [-0.05, 0) is 113 Å². The van der Waals surface area contributed by atoms with Crippen molar-refractivity contribution < 1.29 is 9.15 Å². The molecule has 0 fully saturated rings. The Labute approximate surface area is 341 Å². The van der Waals surface area contributed by atoms with Gasteiger partial charge in [0.15, 0.2) is 0 Å². The zero-order valence-corrected chi connectivity index (χ0v) is 33.8. The number of benzene rings is 7. The van der Waals surface area contributed by atoms with Crippen LogP contribution in [0.2, 0.25) is 0 Å². The van der Waals surface area contributed by atoms with Crippen molar-refractivity contribution >= 4 is 34.1 Å². The average molecular weight is 754 g/mol. The second kappa shape index (κ2) is 13.9. The molecule has 1 unspecified atom stereocenters. The molecule has 7 aromatic carbocycles. The molecule has 3 heteroatoms. The Morgan fingerprint density at radius 2 is 1.10 bits per heavy atom. The lowest BCUT2D eigenvalue weighted by atomic mass is 9.67. The maximum absolute atomic E-state index is 6.55. The zero-order valence-electron chi connectivity index (χ0n) is 33.8. The van der Waals surface area contributed by atoms with Gasteiger partial charge in [0.25, 0.3) is 0 Å². The van der Waals surface area contributed by atoms with E-state index in [1.165, 1.54) is 55.6 Å². The van der Waals surface area contributed by atoms with Crippen molar-refractivity contribution in [2.75, 3.05) is 11.5 Å². The van der Waals surface area contributed by atoms with Crippen LogP contribution in [0, 0.1) is 6.92 Å². The molecule has 10 rings (SSSR count). The average Bonchev–Trinajstić information content (AvgIpc) is 3.82. The number of hydrogen-bond acceptors (Lipinski definition) is 3. The van der Waals surface area contributed by atoms with Gasteiger partial charge in [-0.2, -0.15) is 0 Å². The molecular weight excluding hydrogens is 707 g/mol. The van der Waals surface area contributed by atoms with Crippen LogP contribution in [0.3, 0.4) is 0 Å². The van der Waals surface area contributed by atoms with Crippen molar-refractivity contribution in [2.45, 2.75) is 51.6 Å². The first-order chi connectivity index (χ1) is 28.3. The number of rotatable bonds is 9. The third-order valence-electron chi connectivity index (χ3n) is 12.6. The molecule has 8 aromatic rings. The van der Waals surface area contributed by atoms with Crippen molar-refractivity contribution in [1.29, 1.82) is 0 Å². The Bertz CT molecular complexity index is 2820. The first-order valence-electron chi connectivity index (χ1n) is 20.5. The Hall–Kier alpha value is -6.42. The Morgan fingerprint density at radius 1 is 0.586 bits per heavy atom. The van der Waals surface area contributed by atoms with Gasteiger partial charge in [-0.3, -0.25) is 0 Å². The lowest BCUT2D eigenvalue weighted by molar-refractivity contribution is 0.110. The number of hydrogen-bond donors (Lipinski definition) is 0. The molecule has 0 amide bonds. The predicted octanol–water partition coefficient (Wildman–Crippen LogP) is 14.3. The molecule has 0 saturated carbocycles. The van der Waals surface area contributed by atoms with Crippen LogP contribution in [0.5, 0.6) is 0 Å². The molecule has 0 spiro atoms. The van der Waals surface area contributed by atoms with Crippen molar-refractivity contribution in [1.82, 2.24) is 0 Å². The summed E-state index contributed by atoms with van der Waals surface area (Å²) in [6.45, 7) is 11.5. The fraction of sp³-hybridized carbons (Fsp3) is 0.164. The van der Waals surface area contributed by atoms with Crippen LogP contribution >= 0.6 is 0 Å². The Morgan fingerprint density at radius 3 is 1.76 bits per heavy atom. The Balaban J connectivity index is 1.21. The molecule has 2 aliphatic rings. The van der Waals surface area contributed by atoms with Gasteiger partial charge in [-0.1, -0.05) is 147 Å². The summed E-state index contributed by atoms with van der Waals surface area (Å²) in [6, 6.07) is 60.7. The number of ether oxygens (including phenoxy) is 1. The Kier molecular flexibility index (Phi) is 8.62.